The first-order valence-corrected chi connectivity index (χ1v) is 5.33. The van der Waals surface area contributed by atoms with E-state index in [9.17, 15) is 9.59 Å². The van der Waals surface area contributed by atoms with Gasteiger partial charge in [0.1, 0.15) is 0 Å². The molecule has 1 aliphatic heterocycles. The van der Waals surface area contributed by atoms with Gasteiger partial charge in [-0.3, -0.25) is 14.0 Å². The van der Waals surface area contributed by atoms with Crippen LogP contribution in [0.2, 0.25) is 0 Å². The summed E-state index contributed by atoms with van der Waals surface area (Å²) in [4.78, 5) is 23.1. The zero-order valence-corrected chi connectivity index (χ0v) is 10.3. The predicted molar refractivity (Wildman–Crippen MR) is 61.7 cm³/mol. The lowest BCUT2D eigenvalue weighted by Crippen LogP contribution is -2.35. The molecular formula is C9H13N4O2P. The summed E-state index contributed by atoms with van der Waals surface area (Å²) in [6, 6.07) is 0. The predicted octanol–water partition coefficient (Wildman–Crippen LogP) is 0.297. The van der Waals surface area contributed by atoms with Crippen molar-refractivity contribution in [2.75, 3.05) is 5.32 Å². The molecule has 1 aliphatic rings. The summed E-state index contributed by atoms with van der Waals surface area (Å²) >= 11 is 0. The van der Waals surface area contributed by atoms with Crippen LogP contribution in [0.1, 0.15) is 25.1 Å². The molecule has 1 aromatic rings. The zero-order valence-electron chi connectivity index (χ0n) is 9.10. The van der Waals surface area contributed by atoms with Crippen LogP contribution in [0.15, 0.2) is 0 Å². The van der Waals surface area contributed by atoms with E-state index in [0.717, 1.165) is 17.7 Å². The Labute approximate surface area is 95.2 Å². The summed E-state index contributed by atoms with van der Waals surface area (Å²) in [5.74, 6) is 0.512. The molecule has 0 aliphatic carbocycles. The number of nitrogens with zero attached hydrogens (tertiary/aromatic N) is 3. The second-order valence-corrected chi connectivity index (χ2v) is 4.66. The van der Waals surface area contributed by atoms with Gasteiger partial charge in [-0.15, -0.1) is 0 Å². The van der Waals surface area contributed by atoms with Crippen molar-refractivity contribution < 1.29 is 9.59 Å². The van der Waals surface area contributed by atoms with Crippen molar-refractivity contribution in [3.63, 3.8) is 0 Å². The molecule has 0 saturated heterocycles. The van der Waals surface area contributed by atoms with E-state index in [1.165, 1.54) is 0 Å². The van der Waals surface area contributed by atoms with Crippen LogP contribution in [0, 0.1) is 0 Å². The van der Waals surface area contributed by atoms with Gasteiger partial charge in [-0.1, -0.05) is 0 Å². The molecule has 1 unspecified atom stereocenters. The van der Waals surface area contributed by atoms with Crippen molar-refractivity contribution in [2.45, 2.75) is 25.9 Å². The van der Waals surface area contributed by atoms with Crippen LogP contribution in [0.3, 0.4) is 0 Å². The van der Waals surface area contributed by atoms with E-state index in [0.29, 0.717) is 18.8 Å². The first-order valence-electron chi connectivity index (χ1n) is 4.82. The highest BCUT2D eigenvalue weighted by Gasteiger charge is 2.41. The summed E-state index contributed by atoms with van der Waals surface area (Å²) < 4.78 is 1.63. The third-order valence-electron chi connectivity index (χ3n) is 2.96. The van der Waals surface area contributed by atoms with E-state index >= 15 is 0 Å². The summed E-state index contributed by atoms with van der Waals surface area (Å²) in [5, 5.41) is 6.72. The van der Waals surface area contributed by atoms with E-state index < -0.39 is 5.54 Å². The maximum absolute atomic E-state index is 11.0. The number of rotatable bonds is 3. The number of carbonyl (C=O) groups is 2. The highest BCUT2D eigenvalue weighted by molar-refractivity contribution is 7.14. The Bertz CT molecular complexity index is 455. The third-order valence-corrected chi connectivity index (χ3v) is 3.33. The number of carbonyl (C=O) groups excluding carboxylic acids is 2. The van der Waals surface area contributed by atoms with E-state index in [4.69, 9.17) is 0 Å². The molecular weight excluding hydrogens is 227 g/mol. The minimum Gasteiger partial charge on any atom is -0.330 e. The van der Waals surface area contributed by atoms with Crippen LogP contribution in [0.4, 0.5) is 5.82 Å². The van der Waals surface area contributed by atoms with Crippen molar-refractivity contribution in [3.05, 3.63) is 11.3 Å². The number of nitrogens with one attached hydrogen (secondary N) is 1. The summed E-state index contributed by atoms with van der Waals surface area (Å²) in [6.45, 7) is 4.36. The van der Waals surface area contributed by atoms with E-state index in [2.05, 4.69) is 19.8 Å². The van der Waals surface area contributed by atoms with Crippen molar-refractivity contribution in [3.8, 4) is 0 Å². The molecule has 0 saturated carbocycles. The SMILES string of the molecule is CC1(C)c2c(c(NC=O)nn2P)CN1C=O. The van der Waals surface area contributed by atoms with Gasteiger partial charge in [-0.05, 0) is 23.2 Å². The van der Waals surface area contributed by atoms with Gasteiger partial charge in [-0.2, -0.15) is 5.10 Å². The molecule has 1 N–H and O–H groups in total. The minimum atomic E-state index is -0.408. The molecule has 0 fully saturated rings. The minimum absolute atomic E-state index is 0.408. The summed E-state index contributed by atoms with van der Waals surface area (Å²) in [6.07, 6.45) is 1.40. The fraction of sp³-hybridized carbons (Fsp3) is 0.444. The summed E-state index contributed by atoms with van der Waals surface area (Å²) in [5.41, 5.74) is 1.41. The molecule has 0 spiro atoms. The van der Waals surface area contributed by atoms with Gasteiger partial charge in [0, 0.05) is 5.56 Å². The average Bonchev–Trinajstić information content (AvgIpc) is 2.65. The highest BCUT2D eigenvalue weighted by atomic mass is 31.0. The van der Waals surface area contributed by atoms with Crippen LogP contribution < -0.4 is 5.32 Å². The van der Waals surface area contributed by atoms with E-state index in [-0.39, 0.29) is 0 Å². The second-order valence-electron chi connectivity index (χ2n) is 4.17. The van der Waals surface area contributed by atoms with Gasteiger partial charge in [0.25, 0.3) is 0 Å². The fourth-order valence-corrected chi connectivity index (χ4v) is 2.70. The number of fused-ring (bicyclic) bond motifs is 1. The molecule has 1 aromatic heterocycles. The Hall–Kier alpha value is -1.42. The number of amides is 2. The van der Waals surface area contributed by atoms with Crippen LogP contribution in [-0.2, 0) is 21.7 Å². The maximum atomic E-state index is 11.0. The molecule has 86 valence electrons. The molecule has 2 amide bonds. The van der Waals surface area contributed by atoms with Gasteiger partial charge in [0.2, 0.25) is 12.8 Å². The Balaban J connectivity index is 2.54. The van der Waals surface area contributed by atoms with Crippen LogP contribution in [0.5, 0.6) is 0 Å². The van der Waals surface area contributed by atoms with Crippen molar-refractivity contribution >= 4 is 28.0 Å². The topological polar surface area (TPSA) is 67.2 Å². The molecule has 2 heterocycles. The molecule has 1 atom stereocenters. The Morgan fingerprint density at radius 1 is 1.50 bits per heavy atom. The smallest absolute Gasteiger partial charge is 0.212 e. The second kappa shape index (κ2) is 3.56. The molecule has 16 heavy (non-hydrogen) atoms. The Kier molecular flexibility index (Phi) is 2.46. The molecule has 0 radical (unpaired) electrons. The van der Waals surface area contributed by atoms with Crippen molar-refractivity contribution in [1.82, 2.24) is 14.5 Å². The highest BCUT2D eigenvalue weighted by Crippen LogP contribution is 2.41. The molecule has 6 nitrogen and oxygen atoms in total. The first-order chi connectivity index (χ1) is 7.52. The standard InChI is InChI=1S/C9H13N4O2P/c1-9(2)7-6(3-12(9)5-15)8(10-4-14)11-13(7)16/h4-5H,3,16H2,1-2H3,(H,10,11,14). The van der Waals surface area contributed by atoms with Crippen LogP contribution in [-0.4, -0.2) is 27.3 Å². The van der Waals surface area contributed by atoms with Crippen LogP contribution in [0.25, 0.3) is 0 Å². The van der Waals surface area contributed by atoms with E-state index in [1.807, 2.05) is 13.8 Å². The molecule has 7 heteroatoms. The maximum Gasteiger partial charge on any atom is 0.212 e. The van der Waals surface area contributed by atoms with Crippen molar-refractivity contribution in [2.24, 2.45) is 0 Å². The zero-order chi connectivity index (χ0) is 11.9. The number of aromatic nitrogens is 2. The number of hydrogen-bond donors (Lipinski definition) is 1. The summed E-state index contributed by atoms with van der Waals surface area (Å²) in [7, 11) is 2.46. The van der Waals surface area contributed by atoms with Gasteiger partial charge in [0.05, 0.1) is 17.8 Å². The lowest BCUT2D eigenvalue weighted by atomic mass is 10.0. The molecule has 2 rings (SSSR count). The van der Waals surface area contributed by atoms with Crippen molar-refractivity contribution in [1.29, 1.82) is 0 Å². The molecule has 0 aromatic carbocycles. The molecule has 0 bridgehead atoms. The van der Waals surface area contributed by atoms with Gasteiger partial charge in [-0.25, -0.2) is 0 Å². The quantitative estimate of drug-likeness (QED) is 0.610. The lowest BCUT2D eigenvalue weighted by Gasteiger charge is -2.28. The van der Waals surface area contributed by atoms with E-state index in [1.54, 1.807) is 9.35 Å². The monoisotopic (exact) mass is 240 g/mol. The number of hydrogen-bond acceptors (Lipinski definition) is 3. The Morgan fingerprint density at radius 2 is 2.19 bits per heavy atom. The lowest BCUT2D eigenvalue weighted by molar-refractivity contribution is -0.122. The Morgan fingerprint density at radius 3 is 2.75 bits per heavy atom. The fourth-order valence-electron chi connectivity index (χ4n) is 2.11. The van der Waals surface area contributed by atoms with Crippen LogP contribution >= 0.6 is 9.39 Å². The van der Waals surface area contributed by atoms with Gasteiger partial charge in [0.15, 0.2) is 5.82 Å². The largest absolute Gasteiger partial charge is 0.330 e. The van der Waals surface area contributed by atoms with Gasteiger partial charge >= 0.3 is 0 Å². The first kappa shape index (κ1) is 11.1. The van der Waals surface area contributed by atoms with Gasteiger partial charge < -0.3 is 10.2 Å². The average molecular weight is 240 g/mol. The third kappa shape index (κ3) is 1.33. The number of anilines is 1. The normalized spacial score (nSPS) is 17.1.